The van der Waals surface area contributed by atoms with Gasteiger partial charge in [-0.1, -0.05) is 39.7 Å². The second-order valence-corrected chi connectivity index (χ2v) is 3.70. The lowest BCUT2D eigenvalue weighted by atomic mass is 10.2. The molecule has 1 rings (SSSR count). The summed E-state index contributed by atoms with van der Waals surface area (Å²) < 4.78 is 28.4. The Labute approximate surface area is 99.8 Å². The van der Waals surface area contributed by atoms with E-state index in [2.05, 4.69) is 20.7 Å². The van der Waals surface area contributed by atoms with E-state index in [0.29, 0.717) is 15.9 Å². The number of allylic oxidation sites excluding steroid dienone is 1. The molecule has 1 aromatic carbocycles. The largest absolute Gasteiger partial charge is 0.434 e. The van der Waals surface area contributed by atoms with Crippen LogP contribution >= 0.6 is 27.5 Å². The van der Waals surface area contributed by atoms with Gasteiger partial charge in [0.15, 0.2) is 0 Å². The number of rotatable bonds is 4. The number of halogens is 4. The van der Waals surface area contributed by atoms with E-state index in [9.17, 15) is 8.78 Å². The van der Waals surface area contributed by atoms with E-state index < -0.39 is 6.61 Å². The van der Waals surface area contributed by atoms with Crippen LogP contribution in [0, 0.1) is 0 Å². The van der Waals surface area contributed by atoms with Crippen molar-refractivity contribution in [2.75, 3.05) is 5.33 Å². The van der Waals surface area contributed by atoms with Gasteiger partial charge in [0.05, 0.1) is 0 Å². The van der Waals surface area contributed by atoms with Gasteiger partial charge in [-0.3, -0.25) is 0 Å². The van der Waals surface area contributed by atoms with Gasteiger partial charge in [0.2, 0.25) is 0 Å². The van der Waals surface area contributed by atoms with Crippen LogP contribution in [0.25, 0.3) is 6.08 Å². The van der Waals surface area contributed by atoms with Crippen molar-refractivity contribution in [3.8, 4) is 5.75 Å². The number of hydrogen-bond acceptors (Lipinski definition) is 1. The molecule has 0 saturated carbocycles. The molecule has 0 bridgehead atoms. The predicted octanol–water partition coefficient (Wildman–Crippen LogP) is 4.35. The van der Waals surface area contributed by atoms with Crippen LogP contribution in [0.5, 0.6) is 5.75 Å². The van der Waals surface area contributed by atoms with Crippen LogP contribution in [-0.4, -0.2) is 11.9 Å². The molecule has 0 atom stereocenters. The molecule has 0 aliphatic carbocycles. The highest BCUT2D eigenvalue weighted by Gasteiger charge is 2.07. The molecular weight excluding hydrogens is 289 g/mol. The van der Waals surface area contributed by atoms with Gasteiger partial charge < -0.3 is 4.74 Å². The van der Waals surface area contributed by atoms with Gasteiger partial charge in [-0.15, -0.1) is 0 Å². The number of alkyl halides is 3. The Hall–Kier alpha value is -0.610. The molecule has 82 valence electrons. The van der Waals surface area contributed by atoms with Crippen molar-refractivity contribution in [2.45, 2.75) is 6.61 Å². The zero-order chi connectivity index (χ0) is 11.3. The highest BCUT2D eigenvalue weighted by molar-refractivity contribution is 9.09. The van der Waals surface area contributed by atoms with Gasteiger partial charge in [-0.05, 0) is 18.2 Å². The van der Waals surface area contributed by atoms with Crippen molar-refractivity contribution < 1.29 is 13.5 Å². The third kappa shape index (κ3) is 4.18. The molecule has 0 radical (unpaired) electrons. The lowest BCUT2D eigenvalue weighted by Gasteiger charge is -2.07. The van der Waals surface area contributed by atoms with Crippen molar-refractivity contribution in [3.05, 3.63) is 34.9 Å². The maximum atomic E-state index is 12.0. The van der Waals surface area contributed by atoms with Crippen LogP contribution in [0.2, 0.25) is 5.02 Å². The van der Waals surface area contributed by atoms with Crippen molar-refractivity contribution in [1.82, 2.24) is 0 Å². The van der Waals surface area contributed by atoms with Crippen LogP contribution in [0.1, 0.15) is 5.56 Å². The zero-order valence-corrected chi connectivity index (χ0v) is 9.93. The normalized spacial score (nSPS) is 11.3. The summed E-state index contributed by atoms with van der Waals surface area (Å²) in [6, 6.07) is 4.49. The van der Waals surface area contributed by atoms with E-state index in [0.717, 1.165) is 0 Å². The SMILES string of the molecule is FC(F)Oc1ccc(Cl)cc1C=CCBr. The maximum Gasteiger partial charge on any atom is 0.387 e. The summed E-state index contributed by atoms with van der Waals surface area (Å²) in [5.74, 6) is 0.117. The van der Waals surface area contributed by atoms with Crippen molar-refractivity contribution in [2.24, 2.45) is 0 Å². The summed E-state index contributed by atoms with van der Waals surface area (Å²) in [4.78, 5) is 0. The predicted molar refractivity (Wildman–Crippen MR) is 60.9 cm³/mol. The molecule has 0 aromatic heterocycles. The Morgan fingerprint density at radius 1 is 1.47 bits per heavy atom. The first-order chi connectivity index (χ1) is 7.13. The Bertz CT molecular complexity index is 355. The Kier molecular flexibility index (Phi) is 5.05. The summed E-state index contributed by atoms with van der Waals surface area (Å²) in [7, 11) is 0. The van der Waals surface area contributed by atoms with Crippen molar-refractivity contribution in [3.63, 3.8) is 0 Å². The molecule has 15 heavy (non-hydrogen) atoms. The molecule has 0 amide bonds. The summed E-state index contributed by atoms with van der Waals surface area (Å²) in [6.45, 7) is -2.83. The molecule has 0 spiro atoms. The minimum absolute atomic E-state index is 0.117. The Morgan fingerprint density at radius 3 is 2.80 bits per heavy atom. The number of hydrogen-bond donors (Lipinski definition) is 0. The smallest absolute Gasteiger partial charge is 0.387 e. The second-order valence-electron chi connectivity index (χ2n) is 2.62. The minimum Gasteiger partial charge on any atom is -0.434 e. The quantitative estimate of drug-likeness (QED) is 0.751. The molecular formula is C10H8BrClF2O. The molecule has 0 aliphatic heterocycles. The number of benzene rings is 1. The van der Waals surface area contributed by atoms with Crippen LogP contribution in [0.3, 0.4) is 0 Å². The summed E-state index contributed by atoms with van der Waals surface area (Å²) in [5.41, 5.74) is 0.530. The van der Waals surface area contributed by atoms with E-state index in [-0.39, 0.29) is 5.75 Å². The lowest BCUT2D eigenvalue weighted by Crippen LogP contribution is -2.03. The first-order valence-corrected chi connectivity index (χ1v) is 5.60. The third-order valence-electron chi connectivity index (χ3n) is 1.57. The zero-order valence-electron chi connectivity index (χ0n) is 7.59. The van der Waals surface area contributed by atoms with Gasteiger partial charge >= 0.3 is 6.61 Å². The molecule has 0 unspecified atom stereocenters. The van der Waals surface area contributed by atoms with Crippen LogP contribution < -0.4 is 4.74 Å². The third-order valence-corrected chi connectivity index (χ3v) is 2.18. The van der Waals surface area contributed by atoms with Crippen LogP contribution in [-0.2, 0) is 0 Å². The van der Waals surface area contributed by atoms with E-state index in [1.54, 1.807) is 18.2 Å². The van der Waals surface area contributed by atoms with E-state index in [1.165, 1.54) is 12.1 Å². The summed E-state index contributed by atoms with van der Waals surface area (Å²) >= 11 is 8.94. The molecule has 0 fully saturated rings. The van der Waals surface area contributed by atoms with Gasteiger partial charge in [0.25, 0.3) is 0 Å². The van der Waals surface area contributed by atoms with E-state index in [1.807, 2.05) is 0 Å². The van der Waals surface area contributed by atoms with Gasteiger partial charge in [-0.2, -0.15) is 8.78 Å². The topological polar surface area (TPSA) is 9.23 Å². The van der Waals surface area contributed by atoms with Gasteiger partial charge in [0.1, 0.15) is 5.75 Å². The molecule has 0 heterocycles. The second kappa shape index (κ2) is 6.08. The lowest BCUT2D eigenvalue weighted by molar-refractivity contribution is -0.0499. The van der Waals surface area contributed by atoms with Crippen LogP contribution in [0.15, 0.2) is 24.3 Å². The van der Waals surface area contributed by atoms with Crippen LogP contribution in [0.4, 0.5) is 8.78 Å². The minimum atomic E-state index is -2.83. The molecule has 5 heteroatoms. The Balaban J connectivity index is 2.97. The van der Waals surface area contributed by atoms with Gasteiger partial charge in [-0.25, -0.2) is 0 Å². The van der Waals surface area contributed by atoms with Crippen molar-refractivity contribution >= 4 is 33.6 Å². The van der Waals surface area contributed by atoms with E-state index in [4.69, 9.17) is 11.6 Å². The first kappa shape index (κ1) is 12.5. The fourth-order valence-corrected chi connectivity index (χ4v) is 1.39. The monoisotopic (exact) mass is 296 g/mol. The van der Waals surface area contributed by atoms with Crippen molar-refractivity contribution in [1.29, 1.82) is 0 Å². The maximum absolute atomic E-state index is 12.0. The standard InChI is InChI=1S/C10H8BrClF2O/c11-5-1-2-7-6-8(12)3-4-9(7)15-10(13)14/h1-4,6,10H,5H2. The molecule has 0 aliphatic rings. The summed E-state index contributed by atoms with van der Waals surface area (Å²) in [6.07, 6.45) is 3.43. The summed E-state index contributed by atoms with van der Waals surface area (Å²) in [5, 5.41) is 1.11. The fourth-order valence-electron chi connectivity index (χ4n) is 1.02. The molecule has 1 aromatic rings. The fraction of sp³-hybridized carbons (Fsp3) is 0.200. The average molecular weight is 298 g/mol. The molecule has 1 nitrogen and oxygen atoms in total. The average Bonchev–Trinajstić information content (AvgIpc) is 2.18. The molecule has 0 saturated heterocycles. The Morgan fingerprint density at radius 2 is 2.20 bits per heavy atom. The van der Waals surface area contributed by atoms with E-state index >= 15 is 0 Å². The first-order valence-electron chi connectivity index (χ1n) is 4.10. The highest BCUT2D eigenvalue weighted by atomic mass is 79.9. The molecule has 0 N–H and O–H groups in total. The highest BCUT2D eigenvalue weighted by Crippen LogP contribution is 2.25. The number of ether oxygens (including phenoxy) is 1. The van der Waals surface area contributed by atoms with Gasteiger partial charge in [0, 0.05) is 15.9 Å².